The molecule has 2 atom stereocenters. The van der Waals surface area contributed by atoms with Crippen molar-refractivity contribution in [2.45, 2.75) is 51.1 Å². The van der Waals surface area contributed by atoms with Crippen LogP contribution in [0.4, 0.5) is 14.9 Å². The van der Waals surface area contributed by atoms with Crippen LogP contribution in [0.5, 0.6) is 0 Å². The zero-order valence-electron chi connectivity index (χ0n) is 14.0. The number of halogens is 1. The van der Waals surface area contributed by atoms with Gasteiger partial charge < -0.3 is 15.1 Å². The molecule has 1 aromatic rings. The second-order valence-corrected chi connectivity index (χ2v) is 6.59. The molecule has 2 saturated heterocycles. The summed E-state index contributed by atoms with van der Waals surface area (Å²) in [4.78, 5) is 28.2. The summed E-state index contributed by atoms with van der Waals surface area (Å²) < 4.78 is 13.4. The van der Waals surface area contributed by atoms with Crippen LogP contribution in [0.2, 0.25) is 0 Å². The van der Waals surface area contributed by atoms with Crippen molar-refractivity contribution in [3.63, 3.8) is 0 Å². The minimum absolute atomic E-state index is 0.0829. The first-order chi connectivity index (χ1) is 11.6. The Morgan fingerprint density at radius 2 is 2.21 bits per heavy atom. The van der Waals surface area contributed by atoms with Gasteiger partial charge in [-0.05, 0) is 43.9 Å². The summed E-state index contributed by atoms with van der Waals surface area (Å²) >= 11 is 0. The van der Waals surface area contributed by atoms with Crippen LogP contribution in [0.25, 0.3) is 0 Å². The van der Waals surface area contributed by atoms with Gasteiger partial charge in [0, 0.05) is 31.2 Å². The zero-order chi connectivity index (χ0) is 17.1. The molecule has 5 nitrogen and oxygen atoms in total. The van der Waals surface area contributed by atoms with Crippen molar-refractivity contribution in [1.29, 1.82) is 0 Å². The normalized spacial score (nSPS) is 24.3. The Labute approximate surface area is 141 Å². The number of amides is 3. The molecule has 2 aliphatic rings. The van der Waals surface area contributed by atoms with Gasteiger partial charge in [0.25, 0.3) is 0 Å². The molecular formula is C18H24FN3O2. The number of hydrogen-bond donors (Lipinski definition) is 1. The van der Waals surface area contributed by atoms with Crippen LogP contribution in [0.15, 0.2) is 24.3 Å². The SMILES string of the molecule is CC[C@H]1CCCCN1C(=O)N[C@@H]1CC(=O)N(c2cccc(F)c2)C1. The fourth-order valence-corrected chi connectivity index (χ4v) is 3.65. The molecule has 24 heavy (non-hydrogen) atoms. The molecule has 0 radical (unpaired) electrons. The van der Waals surface area contributed by atoms with E-state index in [2.05, 4.69) is 12.2 Å². The third-order valence-electron chi connectivity index (χ3n) is 4.93. The van der Waals surface area contributed by atoms with Crippen LogP contribution in [0.3, 0.4) is 0 Å². The van der Waals surface area contributed by atoms with Crippen molar-refractivity contribution in [3.8, 4) is 0 Å². The van der Waals surface area contributed by atoms with Crippen LogP contribution in [0, 0.1) is 5.82 Å². The van der Waals surface area contributed by atoms with Gasteiger partial charge in [0.1, 0.15) is 5.82 Å². The lowest BCUT2D eigenvalue weighted by atomic mass is 10.0. The minimum Gasteiger partial charge on any atom is -0.333 e. The highest BCUT2D eigenvalue weighted by Crippen LogP contribution is 2.23. The van der Waals surface area contributed by atoms with E-state index in [1.165, 1.54) is 12.1 Å². The van der Waals surface area contributed by atoms with Crippen molar-refractivity contribution in [2.24, 2.45) is 0 Å². The van der Waals surface area contributed by atoms with E-state index in [4.69, 9.17) is 0 Å². The van der Waals surface area contributed by atoms with Crippen molar-refractivity contribution < 1.29 is 14.0 Å². The quantitative estimate of drug-likeness (QED) is 0.925. The van der Waals surface area contributed by atoms with Crippen molar-refractivity contribution in [3.05, 3.63) is 30.1 Å². The number of nitrogens with one attached hydrogen (secondary N) is 1. The molecule has 0 bridgehead atoms. The van der Waals surface area contributed by atoms with E-state index in [1.807, 2.05) is 4.90 Å². The molecule has 2 heterocycles. The van der Waals surface area contributed by atoms with Gasteiger partial charge in [0.05, 0.1) is 6.04 Å². The monoisotopic (exact) mass is 333 g/mol. The summed E-state index contributed by atoms with van der Waals surface area (Å²) in [6.45, 7) is 3.26. The highest BCUT2D eigenvalue weighted by atomic mass is 19.1. The number of rotatable bonds is 3. The van der Waals surface area contributed by atoms with Crippen LogP contribution in [0.1, 0.15) is 39.0 Å². The van der Waals surface area contributed by atoms with Crippen molar-refractivity contribution in [1.82, 2.24) is 10.2 Å². The molecule has 2 fully saturated rings. The molecule has 3 amide bonds. The molecular weight excluding hydrogens is 309 g/mol. The number of likely N-dealkylation sites (tertiary alicyclic amines) is 1. The maximum atomic E-state index is 13.4. The Morgan fingerprint density at radius 1 is 1.38 bits per heavy atom. The predicted molar refractivity (Wildman–Crippen MR) is 90.3 cm³/mol. The molecule has 2 aliphatic heterocycles. The molecule has 6 heteroatoms. The van der Waals surface area contributed by atoms with Crippen LogP contribution >= 0.6 is 0 Å². The topological polar surface area (TPSA) is 52.7 Å². The Balaban J connectivity index is 1.62. The van der Waals surface area contributed by atoms with E-state index < -0.39 is 0 Å². The highest BCUT2D eigenvalue weighted by Gasteiger charge is 2.34. The fraction of sp³-hybridized carbons (Fsp3) is 0.556. The second-order valence-electron chi connectivity index (χ2n) is 6.59. The number of benzene rings is 1. The number of urea groups is 1. The summed E-state index contributed by atoms with van der Waals surface area (Å²) in [5.41, 5.74) is 0.543. The summed E-state index contributed by atoms with van der Waals surface area (Å²) in [5, 5.41) is 2.99. The van der Waals surface area contributed by atoms with Crippen LogP contribution < -0.4 is 10.2 Å². The van der Waals surface area contributed by atoms with Gasteiger partial charge >= 0.3 is 6.03 Å². The molecule has 3 rings (SSSR count). The Kier molecular flexibility index (Phi) is 5.02. The first-order valence-corrected chi connectivity index (χ1v) is 8.71. The Hall–Kier alpha value is -2.11. The summed E-state index contributed by atoms with van der Waals surface area (Å²) in [5.74, 6) is -0.455. The third-order valence-corrected chi connectivity index (χ3v) is 4.93. The average Bonchev–Trinajstić information content (AvgIpc) is 2.95. The first-order valence-electron chi connectivity index (χ1n) is 8.71. The number of carbonyl (C=O) groups excluding carboxylic acids is 2. The smallest absolute Gasteiger partial charge is 0.317 e. The molecule has 130 valence electrons. The van der Waals surface area contributed by atoms with Gasteiger partial charge in [0.2, 0.25) is 5.91 Å². The Morgan fingerprint density at radius 3 is 2.96 bits per heavy atom. The van der Waals surface area contributed by atoms with E-state index in [9.17, 15) is 14.0 Å². The molecule has 0 spiro atoms. The zero-order valence-corrected chi connectivity index (χ0v) is 14.0. The number of hydrogen-bond acceptors (Lipinski definition) is 2. The standard InChI is InChI=1S/C18H24FN3O2/c1-2-15-7-3-4-9-21(15)18(24)20-14-11-17(23)22(12-14)16-8-5-6-13(19)10-16/h5-6,8,10,14-15H,2-4,7,9,11-12H2,1H3,(H,20,24)/t14-,15+/m1/s1. The lowest BCUT2D eigenvalue weighted by Gasteiger charge is -2.35. The van der Waals surface area contributed by atoms with E-state index in [0.717, 1.165) is 32.2 Å². The first kappa shape index (κ1) is 16.7. The van der Waals surface area contributed by atoms with Gasteiger partial charge in [-0.15, -0.1) is 0 Å². The fourth-order valence-electron chi connectivity index (χ4n) is 3.65. The molecule has 1 aromatic carbocycles. The van der Waals surface area contributed by atoms with Crippen LogP contribution in [-0.2, 0) is 4.79 Å². The summed E-state index contributed by atoms with van der Waals surface area (Å²) in [6, 6.07) is 5.97. The lowest BCUT2D eigenvalue weighted by molar-refractivity contribution is -0.117. The maximum Gasteiger partial charge on any atom is 0.317 e. The Bertz CT molecular complexity index is 622. The van der Waals surface area contributed by atoms with E-state index in [0.29, 0.717) is 12.2 Å². The van der Waals surface area contributed by atoms with E-state index in [-0.39, 0.29) is 36.3 Å². The molecule has 1 N–H and O–H groups in total. The number of piperidine rings is 1. The number of nitrogens with zero attached hydrogens (tertiary/aromatic N) is 2. The van der Waals surface area contributed by atoms with Gasteiger partial charge in [-0.1, -0.05) is 13.0 Å². The van der Waals surface area contributed by atoms with Gasteiger partial charge in [-0.2, -0.15) is 0 Å². The number of anilines is 1. The van der Waals surface area contributed by atoms with Crippen LogP contribution in [-0.4, -0.2) is 42.0 Å². The van der Waals surface area contributed by atoms with Crippen molar-refractivity contribution in [2.75, 3.05) is 18.0 Å². The largest absolute Gasteiger partial charge is 0.333 e. The summed E-state index contributed by atoms with van der Waals surface area (Å²) in [7, 11) is 0. The predicted octanol–water partition coefficient (Wildman–Crippen LogP) is 2.91. The van der Waals surface area contributed by atoms with Gasteiger partial charge in [0.15, 0.2) is 0 Å². The molecule has 0 aromatic heterocycles. The van der Waals surface area contributed by atoms with Gasteiger partial charge in [-0.25, -0.2) is 9.18 Å². The second kappa shape index (κ2) is 7.20. The molecule has 0 aliphatic carbocycles. The minimum atomic E-state index is -0.369. The van der Waals surface area contributed by atoms with Crippen molar-refractivity contribution >= 4 is 17.6 Å². The third kappa shape index (κ3) is 3.52. The highest BCUT2D eigenvalue weighted by molar-refractivity contribution is 5.96. The molecule has 0 unspecified atom stereocenters. The average molecular weight is 333 g/mol. The summed E-state index contributed by atoms with van der Waals surface area (Å²) in [6.07, 6.45) is 4.45. The lowest BCUT2D eigenvalue weighted by Crippen LogP contribution is -2.51. The van der Waals surface area contributed by atoms with E-state index in [1.54, 1.807) is 17.0 Å². The molecule has 0 saturated carbocycles. The van der Waals surface area contributed by atoms with Gasteiger partial charge in [-0.3, -0.25) is 4.79 Å². The number of carbonyl (C=O) groups is 2. The maximum absolute atomic E-state index is 13.4. The van der Waals surface area contributed by atoms with E-state index >= 15 is 0 Å².